The maximum Gasteiger partial charge on any atom is 0.245 e. The van der Waals surface area contributed by atoms with Crippen molar-refractivity contribution in [2.24, 2.45) is 0 Å². The van der Waals surface area contributed by atoms with E-state index in [1.165, 1.54) is 0 Å². The summed E-state index contributed by atoms with van der Waals surface area (Å²) >= 11 is 1.66. The number of hydrogen-bond acceptors (Lipinski definition) is 4. The van der Waals surface area contributed by atoms with Gasteiger partial charge in [-0.25, -0.2) is 9.97 Å². The maximum atomic E-state index is 12.8. The van der Waals surface area contributed by atoms with Crippen molar-refractivity contribution in [2.75, 3.05) is 6.54 Å². The standard InChI is InChI=1S/C15H20N4OS/c1-11-9-21-14(17-11)13-5-3-4-7-19(13)15(20)12(2)18-8-6-16-10-18/h6,8-10,12-13H,3-5,7H2,1-2H3/t12-,13-/m0/s1. The molecule has 1 aliphatic rings. The lowest BCUT2D eigenvalue weighted by molar-refractivity contribution is -0.138. The molecule has 0 N–H and O–H groups in total. The van der Waals surface area contributed by atoms with Gasteiger partial charge in [-0.15, -0.1) is 11.3 Å². The lowest BCUT2D eigenvalue weighted by Crippen LogP contribution is -2.41. The zero-order chi connectivity index (χ0) is 14.8. The minimum Gasteiger partial charge on any atom is -0.331 e. The molecule has 2 aromatic rings. The second-order valence-corrected chi connectivity index (χ2v) is 6.45. The van der Waals surface area contributed by atoms with Gasteiger partial charge in [0.1, 0.15) is 11.0 Å². The van der Waals surface area contributed by atoms with E-state index in [-0.39, 0.29) is 18.0 Å². The maximum absolute atomic E-state index is 12.8. The van der Waals surface area contributed by atoms with Crippen LogP contribution in [0.5, 0.6) is 0 Å². The Morgan fingerprint density at radius 2 is 2.33 bits per heavy atom. The second kappa shape index (κ2) is 5.97. The van der Waals surface area contributed by atoms with Crippen molar-refractivity contribution in [2.45, 2.75) is 45.2 Å². The predicted octanol–water partition coefficient (Wildman–Crippen LogP) is 2.96. The number of amides is 1. The topological polar surface area (TPSA) is 51.0 Å². The molecule has 0 bridgehead atoms. The molecule has 2 atom stereocenters. The molecule has 21 heavy (non-hydrogen) atoms. The van der Waals surface area contributed by atoms with Gasteiger partial charge in [0, 0.05) is 30.0 Å². The molecule has 0 saturated carbocycles. The van der Waals surface area contributed by atoms with Crippen LogP contribution in [-0.2, 0) is 4.79 Å². The highest BCUT2D eigenvalue weighted by atomic mass is 32.1. The van der Waals surface area contributed by atoms with Crippen LogP contribution in [0.2, 0.25) is 0 Å². The molecule has 2 aromatic heterocycles. The van der Waals surface area contributed by atoms with Crippen LogP contribution in [0.25, 0.3) is 0 Å². The van der Waals surface area contributed by atoms with Crippen molar-refractivity contribution in [1.82, 2.24) is 19.4 Å². The molecule has 6 heteroatoms. The summed E-state index contributed by atoms with van der Waals surface area (Å²) in [5.41, 5.74) is 1.04. The van der Waals surface area contributed by atoms with Crippen LogP contribution in [0.3, 0.4) is 0 Å². The lowest BCUT2D eigenvalue weighted by Gasteiger charge is -2.36. The minimum atomic E-state index is -0.214. The van der Waals surface area contributed by atoms with Gasteiger partial charge < -0.3 is 9.47 Å². The van der Waals surface area contributed by atoms with E-state index < -0.39 is 0 Å². The Morgan fingerprint density at radius 1 is 1.48 bits per heavy atom. The molecule has 5 nitrogen and oxygen atoms in total. The summed E-state index contributed by atoms with van der Waals surface area (Å²) in [6, 6.07) is -0.0786. The first-order valence-electron chi connectivity index (χ1n) is 7.37. The van der Waals surface area contributed by atoms with Gasteiger partial charge in [0.2, 0.25) is 5.91 Å². The summed E-state index contributed by atoms with van der Waals surface area (Å²) in [5.74, 6) is 0.158. The molecule has 0 radical (unpaired) electrons. The number of piperidine rings is 1. The van der Waals surface area contributed by atoms with Crippen molar-refractivity contribution in [1.29, 1.82) is 0 Å². The summed E-state index contributed by atoms with van der Waals surface area (Å²) in [6.07, 6.45) is 8.50. The highest BCUT2D eigenvalue weighted by Crippen LogP contribution is 2.34. The van der Waals surface area contributed by atoms with E-state index in [0.29, 0.717) is 0 Å². The van der Waals surface area contributed by atoms with Crippen LogP contribution in [0.15, 0.2) is 24.1 Å². The third kappa shape index (κ3) is 2.85. The summed E-state index contributed by atoms with van der Waals surface area (Å²) < 4.78 is 1.86. The molecule has 112 valence electrons. The summed E-state index contributed by atoms with van der Waals surface area (Å²) in [7, 11) is 0. The first-order valence-corrected chi connectivity index (χ1v) is 8.24. The molecule has 0 aromatic carbocycles. The number of hydrogen-bond donors (Lipinski definition) is 0. The number of carbonyl (C=O) groups is 1. The first-order chi connectivity index (χ1) is 10.2. The van der Waals surface area contributed by atoms with Crippen molar-refractivity contribution in [3.8, 4) is 0 Å². The molecule has 3 heterocycles. The molecule has 1 amide bonds. The van der Waals surface area contributed by atoms with E-state index in [0.717, 1.165) is 36.5 Å². The van der Waals surface area contributed by atoms with Crippen LogP contribution >= 0.6 is 11.3 Å². The van der Waals surface area contributed by atoms with Gasteiger partial charge in [-0.05, 0) is 33.1 Å². The molecule has 3 rings (SSSR count). The van der Waals surface area contributed by atoms with E-state index >= 15 is 0 Å². The van der Waals surface area contributed by atoms with Gasteiger partial charge in [0.15, 0.2) is 0 Å². The van der Waals surface area contributed by atoms with E-state index in [2.05, 4.69) is 15.3 Å². The van der Waals surface area contributed by atoms with Gasteiger partial charge in [0.25, 0.3) is 0 Å². The highest BCUT2D eigenvalue weighted by Gasteiger charge is 2.32. The quantitative estimate of drug-likeness (QED) is 0.876. The number of likely N-dealkylation sites (tertiary alicyclic amines) is 1. The Bertz CT molecular complexity index is 607. The van der Waals surface area contributed by atoms with Crippen molar-refractivity contribution < 1.29 is 4.79 Å². The molecule has 1 fully saturated rings. The van der Waals surface area contributed by atoms with Crippen LogP contribution < -0.4 is 0 Å². The van der Waals surface area contributed by atoms with Crippen LogP contribution in [0, 0.1) is 6.92 Å². The summed E-state index contributed by atoms with van der Waals surface area (Å²) in [6.45, 7) is 4.76. The fraction of sp³-hybridized carbons (Fsp3) is 0.533. The second-order valence-electron chi connectivity index (χ2n) is 5.56. The number of aryl methyl sites for hydroxylation is 1. The Labute approximate surface area is 128 Å². The number of rotatable bonds is 3. The highest BCUT2D eigenvalue weighted by molar-refractivity contribution is 7.09. The van der Waals surface area contributed by atoms with E-state index in [9.17, 15) is 4.79 Å². The fourth-order valence-corrected chi connectivity index (χ4v) is 3.79. The number of nitrogens with zero attached hydrogens (tertiary/aromatic N) is 4. The van der Waals surface area contributed by atoms with Gasteiger partial charge in [-0.3, -0.25) is 4.79 Å². The van der Waals surface area contributed by atoms with Gasteiger partial charge in [-0.1, -0.05) is 0 Å². The van der Waals surface area contributed by atoms with E-state index in [4.69, 9.17) is 0 Å². The van der Waals surface area contributed by atoms with Gasteiger partial charge >= 0.3 is 0 Å². The number of aromatic nitrogens is 3. The van der Waals surface area contributed by atoms with Crippen LogP contribution in [-0.4, -0.2) is 31.9 Å². The van der Waals surface area contributed by atoms with Crippen LogP contribution in [0.4, 0.5) is 0 Å². The lowest BCUT2D eigenvalue weighted by atomic mass is 10.0. The predicted molar refractivity (Wildman–Crippen MR) is 82.1 cm³/mol. The summed E-state index contributed by atoms with van der Waals surface area (Å²) in [5, 5.41) is 3.13. The van der Waals surface area contributed by atoms with Crippen LogP contribution in [0.1, 0.15) is 49.0 Å². The van der Waals surface area contributed by atoms with Crippen molar-refractivity contribution in [3.05, 3.63) is 34.8 Å². The Hall–Kier alpha value is -1.69. The Kier molecular flexibility index (Phi) is 4.05. The monoisotopic (exact) mass is 304 g/mol. The van der Waals surface area contributed by atoms with Crippen molar-refractivity contribution >= 4 is 17.2 Å². The molecule has 0 spiro atoms. The zero-order valence-electron chi connectivity index (χ0n) is 12.4. The SMILES string of the molecule is Cc1csc([C@@H]2CCCCN2C(=O)[C@H](C)n2ccnc2)n1. The largest absolute Gasteiger partial charge is 0.331 e. The Morgan fingerprint density at radius 3 is 3.00 bits per heavy atom. The third-order valence-corrected chi connectivity index (χ3v) is 5.10. The number of imidazole rings is 1. The average Bonchev–Trinajstić information content (AvgIpc) is 3.17. The first kappa shape index (κ1) is 14.3. The van der Waals surface area contributed by atoms with Gasteiger partial charge in [0.05, 0.1) is 12.4 Å². The fourth-order valence-electron chi connectivity index (χ4n) is 2.84. The molecule has 1 aliphatic heterocycles. The summed E-state index contributed by atoms with van der Waals surface area (Å²) in [4.78, 5) is 23.5. The molecule has 1 saturated heterocycles. The van der Waals surface area contributed by atoms with Gasteiger partial charge in [-0.2, -0.15) is 0 Å². The average molecular weight is 304 g/mol. The third-order valence-electron chi connectivity index (χ3n) is 4.04. The number of thiazole rings is 1. The molecular weight excluding hydrogens is 284 g/mol. The normalized spacial score (nSPS) is 20.5. The van der Waals surface area contributed by atoms with Crippen molar-refractivity contribution in [3.63, 3.8) is 0 Å². The smallest absolute Gasteiger partial charge is 0.245 e. The van der Waals surface area contributed by atoms with E-state index in [1.807, 2.05) is 29.5 Å². The Balaban J connectivity index is 1.82. The van der Waals surface area contributed by atoms with E-state index in [1.54, 1.807) is 23.9 Å². The zero-order valence-corrected chi connectivity index (χ0v) is 13.2. The minimum absolute atomic E-state index is 0.135. The molecule has 0 unspecified atom stereocenters. The number of carbonyl (C=O) groups excluding carboxylic acids is 1. The molecular formula is C15H20N4OS. The molecule has 0 aliphatic carbocycles.